The van der Waals surface area contributed by atoms with Crippen molar-refractivity contribution < 1.29 is 4.79 Å². The smallest absolute Gasteiger partial charge is 0.243 e. The predicted molar refractivity (Wildman–Crippen MR) is 72.2 cm³/mol. The zero-order valence-corrected chi connectivity index (χ0v) is 10.5. The second-order valence-electron chi connectivity index (χ2n) is 4.17. The minimum atomic E-state index is -0.125. The van der Waals surface area contributed by atoms with E-state index in [4.69, 9.17) is 0 Å². The summed E-state index contributed by atoms with van der Waals surface area (Å²) in [7, 11) is 2.02. The average molecular weight is 243 g/mol. The summed E-state index contributed by atoms with van der Waals surface area (Å²) < 4.78 is 2.10. The quantitative estimate of drug-likeness (QED) is 0.643. The summed E-state index contributed by atoms with van der Waals surface area (Å²) in [5.74, 6) is 0.920. The molecule has 1 amide bonds. The summed E-state index contributed by atoms with van der Waals surface area (Å²) in [5, 5.41) is 2.76. The van der Waals surface area contributed by atoms with Gasteiger partial charge in [-0.2, -0.15) is 0 Å². The van der Waals surface area contributed by atoms with Gasteiger partial charge in [-0.1, -0.05) is 18.7 Å². The van der Waals surface area contributed by atoms with Gasteiger partial charge in [-0.15, -0.1) is 0 Å². The molecule has 4 nitrogen and oxygen atoms in total. The molecule has 0 aliphatic rings. The number of imidazole rings is 1. The van der Waals surface area contributed by atoms with Crippen molar-refractivity contribution in [2.45, 2.75) is 12.8 Å². The van der Waals surface area contributed by atoms with Gasteiger partial charge in [-0.05, 0) is 24.6 Å². The van der Waals surface area contributed by atoms with Gasteiger partial charge in [0.1, 0.15) is 5.82 Å². The largest absolute Gasteiger partial charge is 0.353 e. The molecule has 2 aromatic rings. The van der Waals surface area contributed by atoms with Crippen LogP contribution in [0, 0.1) is 0 Å². The first-order chi connectivity index (χ1) is 8.72. The Morgan fingerprint density at radius 2 is 2.28 bits per heavy atom. The van der Waals surface area contributed by atoms with E-state index in [0.717, 1.165) is 29.7 Å². The summed E-state index contributed by atoms with van der Waals surface area (Å²) in [5.41, 5.74) is 2.16. The Hall–Kier alpha value is -2.10. The minimum Gasteiger partial charge on any atom is -0.353 e. The van der Waals surface area contributed by atoms with Crippen LogP contribution in [0.15, 0.2) is 36.9 Å². The number of nitrogens with zero attached hydrogens (tertiary/aromatic N) is 2. The normalized spacial score (nSPS) is 10.5. The third kappa shape index (κ3) is 2.59. The van der Waals surface area contributed by atoms with Gasteiger partial charge in [-0.3, -0.25) is 4.79 Å². The molecule has 0 unspecified atom stereocenters. The molecule has 0 aliphatic heterocycles. The van der Waals surface area contributed by atoms with Crippen molar-refractivity contribution in [3.63, 3.8) is 0 Å². The van der Waals surface area contributed by atoms with Gasteiger partial charge < -0.3 is 9.88 Å². The summed E-state index contributed by atoms with van der Waals surface area (Å²) in [6.45, 7) is 4.06. The fourth-order valence-corrected chi connectivity index (χ4v) is 1.95. The van der Waals surface area contributed by atoms with Crippen LogP contribution in [0.25, 0.3) is 11.0 Å². The van der Waals surface area contributed by atoms with Crippen LogP contribution < -0.4 is 5.32 Å². The number of amides is 1. The van der Waals surface area contributed by atoms with E-state index in [1.807, 2.05) is 25.2 Å². The number of carbonyl (C=O) groups excluding carboxylic acids is 1. The van der Waals surface area contributed by atoms with Gasteiger partial charge in [0.15, 0.2) is 0 Å². The molecule has 0 radical (unpaired) electrons. The van der Waals surface area contributed by atoms with Crippen LogP contribution in [0.4, 0.5) is 0 Å². The van der Waals surface area contributed by atoms with E-state index in [-0.39, 0.29) is 5.91 Å². The summed E-state index contributed by atoms with van der Waals surface area (Å²) in [6.07, 6.45) is 3.01. The fourth-order valence-electron chi connectivity index (χ4n) is 1.95. The topological polar surface area (TPSA) is 46.9 Å². The van der Waals surface area contributed by atoms with Gasteiger partial charge in [-0.25, -0.2) is 4.98 Å². The number of rotatable bonds is 5. The molecule has 0 bridgehead atoms. The molecule has 94 valence electrons. The predicted octanol–water partition coefficient (Wildman–Crippen LogP) is 1.81. The van der Waals surface area contributed by atoms with Crippen molar-refractivity contribution >= 4 is 16.9 Å². The molecule has 1 heterocycles. The Morgan fingerprint density at radius 1 is 1.50 bits per heavy atom. The van der Waals surface area contributed by atoms with E-state index in [2.05, 4.69) is 27.5 Å². The van der Waals surface area contributed by atoms with Crippen molar-refractivity contribution in [2.24, 2.45) is 7.05 Å². The molecule has 18 heavy (non-hydrogen) atoms. The lowest BCUT2D eigenvalue weighted by atomic mass is 10.3. The lowest BCUT2D eigenvalue weighted by Gasteiger charge is -2.03. The maximum atomic E-state index is 11.0. The number of benzene rings is 1. The van der Waals surface area contributed by atoms with Crippen LogP contribution in [0.1, 0.15) is 12.2 Å². The van der Waals surface area contributed by atoms with Gasteiger partial charge in [0.2, 0.25) is 5.91 Å². The van der Waals surface area contributed by atoms with Crippen LogP contribution >= 0.6 is 0 Å². The highest BCUT2D eigenvalue weighted by Crippen LogP contribution is 2.14. The number of para-hydroxylation sites is 2. The number of carbonyl (C=O) groups is 1. The zero-order chi connectivity index (χ0) is 13.0. The number of aromatic nitrogens is 2. The minimum absolute atomic E-state index is 0.125. The molecular weight excluding hydrogens is 226 g/mol. The van der Waals surface area contributed by atoms with Crippen molar-refractivity contribution in [1.29, 1.82) is 0 Å². The number of nitrogens with one attached hydrogen (secondary N) is 1. The van der Waals surface area contributed by atoms with Crippen LogP contribution in [-0.2, 0) is 18.3 Å². The van der Waals surface area contributed by atoms with Crippen molar-refractivity contribution in [2.75, 3.05) is 6.54 Å². The van der Waals surface area contributed by atoms with Crippen LogP contribution in [0.2, 0.25) is 0 Å². The number of fused-ring (bicyclic) bond motifs is 1. The SMILES string of the molecule is C=CC(=O)NCCCc1nc2ccccc2n1C. The first-order valence-corrected chi connectivity index (χ1v) is 6.03. The molecule has 0 aliphatic carbocycles. The third-order valence-electron chi connectivity index (χ3n) is 2.94. The lowest BCUT2D eigenvalue weighted by molar-refractivity contribution is -0.116. The number of hydrogen-bond acceptors (Lipinski definition) is 2. The summed E-state index contributed by atoms with van der Waals surface area (Å²) >= 11 is 0. The Bertz CT molecular complexity index is 571. The van der Waals surface area contributed by atoms with Crippen molar-refractivity contribution in [3.8, 4) is 0 Å². The van der Waals surface area contributed by atoms with Gasteiger partial charge in [0, 0.05) is 20.0 Å². The average Bonchev–Trinajstić information content (AvgIpc) is 2.72. The molecule has 2 rings (SSSR count). The van der Waals surface area contributed by atoms with E-state index in [9.17, 15) is 4.79 Å². The zero-order valence-electron chi connectivity index (χ0n) is 10.5. The monoisotopic (exact) mass is 243 g/mol. The van der Waals surface area contributed by atoms with Crippen LogP contribution in [0.3, 0.4) is 0 Å². The second-order valence-corrected chi connectivity index (χ2v) is 4.17. The molecular formula is C14H17N3O. The molecule has 1 aromatic heterocycles. The third-order valence-corrected chi connectivity index (χ3v) is 2.94. The molecule has 0 fully saturated rings. The van der Waals surface area contributed by atoms with Crippen LogP contribution in [0.5, 0.6) is 0 Å². The van der Waals surface area contributed by atoms with E-state index in [1.165, 1.54) is 6.08 Å². The highest BCUT2D eigenvalue weighted by atomic mass is 16.1. The second kappa shape index (κ2) is 5.49. The van der Waals surface area contributed by atoms with Gasteiger partial charge >= 0.3 is 0 Å². The highest BCUT2D eigenvalue weighted by molar-refractivity contribution is 5.86. The van der Waals surface area contributed by atoms with E-state index in [1.54, 1.807) is 0 Å². The summed E-state index contributed by atoms with van der Waals surface area (Å²) in [6, 6.07) is 8.07. The standard InChI is InChI=1S/C14H17N3O/c1-3-14(18)15-10-6-9-13-16-11-7-4-5-8-12(11)17(13)2/h3-5,7-8H,1,6,9-10H2,2H3,(H,15,18). The summed E-state index contributed by atoms with van der Waals surface area (Å²) in [4.78, 5) is 15.6. The van der Waals surface area contributed by atoms with E-state index >= 15 is 0 Å². The molecule has 0 saturated heterocycles. The first kappa shape index (κ1) is 12.4. The molecule has 1 aromatic carbocycles. The Balaban J connectivity index is 1.97. The van der Waals surface area contributed by atoms with E-state index < -0.39 is 0 Å². The Kier molecular flexibility index (Phi) is 3.77. The lowest BCUT2D eigenvalue weighted by Crippen LogP contribution is -2.22. The maximum Gasteiger partial charge on any atom is 0.243 e. The Morgan fingerprint density at radius 3 is 3.00 bits per heavy atom. The molecule has 0 saturated carbocycles. The fraction of sp³-hybridized carbons (Fsp3) is 0.286. The van der Waals surface area contributed by atoms with Crippen molar-refractivity contribution in [1.82, 2.24) is 14.9 Å². The van der Waals surface area contributed by atoms with E-state index in [0.29, 0.717) is 6.54 Å². The molecule has 0 atom stereocenters. The first-order valence-electron chi connectivity index (χ1n) is 6.03. The maximum absolute atomic E-state index is 11.0. The molecule has 0 spiro atoms. The number of aryl methyl sites for hydroxylation is 2. The number of hydrogen-bond donors (Lipinski definition) is 1. The van der Waals surface area contributed by atoms with Gasteiger partial charge in [0.05, 0.1) is 11.0 Å². The van der Waals surface area contributed by atoms with Crippen molar-refractivity contribution in [3.05, 3.63) is 42.7 Å². The van der Waals surface area contributed by atoms with Crippen LogP contribution in [-0.4, -0.2) is 22.0 Å². The highest BCUT2D eigenvalue weighted by Gasteiger charge is 2.06. The molecule has 4 heteroatoms. The van der Waals surface area contributed by atoms with Gasteiger partial charge in [0.25, 0.3) is 0 Å². The Labute approximate surface area is 106 Å². The molecule has 1 N–H and O–H groups in total.